The van der Waals surface area contributed by atoms with Gasteiger partial charge in [-0.3, -0.25) is 4.90 Å². The third-order valence-corrected chi connectivity index (χ3v) is 3.58. The highest BCUT2D eigenvalue weighted by molar-refractivity contribution is 5.44. The molecule has 1 aliphatic heterocycles. The Morgan fingerprint density at radius 2 is 1.88 bits per heavy atom. The fourth-order valence-corrected chi connectivity index (χ4v) is 2.51. The van der Waals surface area contributed by atoms with Crippen molar-refractivity contribution >= 4 is 0 Å². The van der Waals surface area contributed by atoms with Gasteiger partial charge in [-0.05, 0) is 38.4 Å². The maximum atomic E-state index is 5.43. The summed E-state index contributed by atoms with van der Waals surface area (Å²) in [6, 6.07) is 6.62. The van der Waals surface area contributed by atoms with Gasteiger partial charge in [0.1, 0.15) is 11.5 Å². The van der Waals surface area contributed by atoms with Gasteiger partial charge in [0.15, 0.2) is 0 Å². The highest BCUT2D eigenvalue weighted by Crippen LogP contribution is 2.31. The molecule has 3 heteroatoms. The van der Waals surface area contributed by atoms with E-state index >= 15 is 0 Å². The van der Waals surface area contributed by atoms with E-state index in [-0.39, 0.29) is 0 Å². The molecule has 0 bridgehead atoms. The molecule has 94 valence electrons. The number of likely N-dealkylation sites (tertiary alicyclic amines) is 1. The Morgan fingerprint density at radius 3 is 2.35 bits per heavy atom. The minimum atomic E-state index is 0.657. The average molecular weight is 235 g/mol. The Morgan fingerprint density at radius 1 is 1.24 bits per heavy atom. The average Bonchev–Trinajstić information content (AvgIpc) is 2.75. The predicted molar refractivity (Wildman–Crippen MR) is 68.7 cm³/mol. The second-order valence-electron chi connectivity index (χ2n) is 4.60. The number of hydrogen-bond acceptors (Lipinski definition) is 3. The van der Waals surface area contributed by atoms with E-state index in [9.17, 15) is 0 Å². The summed E-state index contributed by atoms with van der Waals surface area (Å²) in [5, 5.41) is 0. The van der Waals surface area contributed by atoms with Crippen molar-refractivity contribution in [2.24, 2.45) is 0 Å². The van der Waals surface area contributed by atoms with Crippen molar-refractivity contribution in [2.75, 3.05) is 20.8 Å². The summed E-state index contributed by atoms with van der Waals surface area (Å²) >= 11 is 0. The van der Waals surface area contributed by atoms with Gasteiger partial charge in [0.05, 0.1) is 19.8 Å². The largest absolute Gasteiger partial charge is 0.496 e. The quantitative estimate of drug-likeness (QED) is 0.801. The molecule has 1 aliphatic rings. The lowest BCUT2D eigenvalue weighted by Crippen LogP contribution is -2.26. The Kier molecular flexibility index (Phi) is 3.89. The number of methoxy groups -OCH3 is 2. The molecule has 0 unspecified atom stereocenters. The fraction of sp³-hybridized carbons (Fsp3) is 0.571. The lowest BCUT2D eigenvalue weighted by atomic mass is 10.1. The SMILES string of the molecule is COc1cccc(OC)c1CN1CCC[C@H]1C. The first-order valence-corrected chi connectivity index (χ1v) is 6.20. The van der Waals surface area contributed by atoms with E-state index in [0.29, 0.717) is 6.04 Å². The van der Waals surface area contributed by atoms with Crippen LogP contribution in [0.1, 0.15) is 25.3 Å². The van der Waals surface area contributed by atoms with E-state index in [2.05, 4.69) is 11.8 Å². The molecule has 0 amide bonds. The van der Waals surface area contributed by atoms with Gasteiger partial charge in [0.2, 0.25) is 0 Å². The first kappa shape index (κ1) is 12.2. The number of benzene rings is 1. The van der Waals surface area contributed by atoms with E-state index in [1.807, 2.05) is 18.2 Å². The summed E-state index contributed by atoms with van der Waals surface area (Å²) in [5.41, 5.74) is 1.16. The molecule has 0 aliphatic carbocycles. The van der Waals surface area contributed by atoms with Crippen LogP contribution in [0.2, 0.25) is 0 Å². The second kappa shape index (κ2) is 5.41. The van der Waals surface area contributed by atoms with Crippen molar-refractivity contribution in [1.29, 1.82) is 0 Å². The van der Waals surface area contributed by atoms with Crippen LogP contribution in [0.5, 0.6) is 11.5 Å². The van der Waals surface area contributed by atoms with Crippen LogP contribution >= 0.6 is 0 Å². The Bertz CT molecular complexity index is 356. The topological polar surface area (TPSA) is 21.7 Å². The van der Waals surface area contributed by atoms with Crippen LogP contribution in [0.25, 0.3) is 0 Å². The Balaban J connectivity index is 2.23. The molecule has 0 N–H and O–H groups in total. The lowest BCUT2D eigenvalue weighted by molar-refractivity contribution is 0.251. The van der Waals surface area contributed by atoms with Crippen LogP contribution in [0.15, 0.2) is 18.2 Å². The van der Waals surface area contributed by atoms with Gasteiger partial charge in [0.25, 0.3) is 0 Å². The van der Waals surface area contributed by atoms with E-state index in [1.165, 1.54) is 19.4 Å². The first-order valence-electron chi connectivity index (χ1n) is 6.20. The zero-order valence-corrected chi connectivity index (χ0v) is 10.9. The molecule has 1 saturated heterocycles. The molecule has 0 saturated carbocycles. The highest BCUT2D eigenvalue weighted by Gasteiger charge is 2.22. The van der Waals surface area contributed by atoms with Crippen molar-refractivity contribution in [3.05, 3.63) is 23.8 Å². The molecular formula is C14H21NO2. The van der Waals surface area contributed by atoms with Crippen LogP contribution in [0.4, 0.5) is 0 Å². The summed E-state index contributed by atoms with van der Waals surface area (Å²) < 4.78 is 10.9. The molecule has 2 rings (SSSR count). The van der Waals surface area contributed by atoms with Gasteiger partial charge in [-0.1, -0.05) is 6.07 Å². The summed E-state index contributed by atoms with van der Waals surface area (Å²) in [7, 11) is 3.43. The number of nitrogens with zero attached hydrogens (tertiary/aromatic N) is 1. The molecule has 3 nitrogen and oxygen atoms in total. The van der Waals surface area contributed by atoms with Crippen LogP contribution < -0.4 is 9.47 Å². The van der Waals surface area contributed by atoms with Crippen molar-refractivity contribution < 1.29 is 9.47 Å². The summed E-state index contributed by atoms with van der Waals surface area (Å²) in [5.74, 6) is 1.84. The normalized spacial score (nSPS) is 20.5. The Labute approximate surface area is 103 Å². The highest BCUT2D eigenvalue weighted by atomic mass is 16.5. The van der Waals surface area contributed by atoms with Crippen molar-refractivity contribution in [1.82, 2.24) is 4.90 Å². The van der Waals surface area contributed by atoms with E-state index in [4.69, 9.17) is 9.47 Å². The van der Waals surface area contributed by atoms with Gasteiger partial charge < -0.3 is 9.47 Å². The first-order chi connectivity index (χ1) is 8.26. The van der Waals surface area contributed by atoms with Gasteiger partial charge in [0, 0.05) is 12.6 Å². The molecule has 17 heavy (non-hydrogen) atoms. The van der Waals surface area contributed by atoms with Gasteiger partial charge in [-0.2, -0.15) is 0 Å². The molecule has 1 atom stereocenters. The zero-order valence-electron chi connectivity index (χ0n) is 10.9. The minimum Gasteiger partial charge on any atom is -0.496 e. The number of rotatable bonds is 4. The van der Waals surface area contributed by atoms with Crippen LogP contribution in [-0.4, -0.2) is 31.7 Å². The van der Waals surface area contributed by atoms with Gasteiger partial charge in [-0.25, -0.2) is 0 Å². The summed E-state index contributed by atoms with van der Waals surface area (Å²) in [6.45, 7) is 4.37. The number of hydrogen-bond donors (Lipinski definition) is 0. The molecule has 0 aromatic heterocycles. The standard InChI is InChI=1S/C14H21NO2/c1-11-6-5-9-15(11)10-12-13(16-2)7-4-8-14(12)17-3/h4,7-8,11H,5-6,9-10H2,1-3H3/t11-/m1/s1. The zero-order chi connectivity index (χ0) is 12.3. The smallest absolute Gasteiger partial charge is 0.127 e. The molecular weight excluding hydrogens is 214 g/mol. The third kappa shape index (κ3) is 2.55. The van der Waals surface area contributed by atoms with E-state index in [0.717, 1.165) is 23.6 Å². The van der Waals surface area contributed by atoms with Crippen LogP contribution in [-0.2, 0) is 6.54 Å². The summed E-state index contributed by atoms with van der Waals surface area (Å²) in [6.07, 6.45) is 2.58. The molecule has 1 aromatic carbocycles. The monoisotopic (exact) mass is 235 g/mol. The predicted octanol–water partition coefficient (Wildman–Crippen LogP) is 2.69. The Hall–Kier alpha value is -1.22. The van der Waals surface area contributed by atoms with Crippen molar-refractivity contribution in [3.63, 3.8) is 0 Å². The van der Waals surface area contributed by atoms with Crippen LogP contribution in [0.3, 0.4) is 0 Å². The third-order valence-electron chi connectivity index (χ3n) is 3.58. The maximum Gasteiger partial charge on any atom is 0.127 e. The molecule has 0 radical (unpaired) electrons. The lowest BCUT2D eigenvalue weighted by Gasteiger charge is -2.23. The van der Waals surface area contributed by atoms with Crippen LogP contribution in [0, 0.1) is 0 Å². The van der Waals surface area contributed by atoms with Crippen molar-refractivity contribution in [2.45, 2.75) is 32.4 Å². The van der Waals surface area contributed by atoms with Gasteiger partial charge in [-0.15, -0.1) is 0 Å². The van der Waals surface area contributed by atoms with Gasteiger partial charge >= 0.3 is 0 Å². The minimum absolute atomic E-state index is 0.657. The fourth-order valence-electron chi connectivity index (χ4n) is 2.51. The van der Waals surface area contributed by atoms with Crippen molar-refractivity contribution in [3.8, 4) is 11.5 Å². The molecule has 1 fully saturated rings. The van der Waals surface area contributed by atoms with E-state index < -0.39 is 0 Å². The molecule has 1 heterocycles. The van der Waals surface area contributed by atoms with E-state index in [1.54, 1.807) is 14.2 Å². The molecule has 1 aromatic rings. The second-order valence-corrected chi connectivity index (χ2v) is 4.60. The maximum absolute atomic E-state index is 5.43. The molecule has 0 spiro atoms. The number of ether oxygens (including phenoxy) is 2. The summed E-state index contributed by atoms with van der Waals surface area (Å²) in [4.78, 5) is 2.49.